The Morgan fingerprint density at radius 3 is 2.32 bits per heavy atom. The summed E-state index contributed by atoms with van der Waals surface area (Å²) in [6, 6.07) is 3.59. The predicted octanol–water partition coefficient (Wildman–Crippen LogP) is 2.46. The highest BCUT2D eigenvalue weighted by molar-refractivity contribution is 6.09. The van der Waals surface area contributed by atoms with Gasteiger partial charge in [-0.25, -0.2) is 0 Å². The number of nitrogens with zero attached hydrogens (tertiary/aromatic N) is 1. The Labute approximate surface area is 111 Å². The van der Waals surface area contributed by atoms with Gasteiger partial charge >= 0.3 is 0 Å². The summed E-state index contributed by atoms with van der Waals surface area (Å²) in [5.74, 6) is 1.33. The molecule has 0 radical (unpaired) electrons. The molecule has 2 rings (SSSR count). The third-order valence-corrected chi connectivity index (χ3v) is 2.89. The van der Waals surface area contributed by atoms with Crippen molar-refractivity contribution in [3.63, 3.8) is 0 Å². The largest absolute Gasteiger partial charge is 0.493 e. The van der Waals surface area contributed by atoms with Gasteiger partial charge in [0.2, 0.25) is 5.75 Å². The van der Waals surface area contributed by atoms with Crippen LogP contribution in [0.4, 0.5) is 0 Å². The van der Waals surface area contributed by atoms with Gasteiger partial charge in [0, 0.05) is 13.1 Å². The van der Waals surface area contributed by atoms with E-state index in [2.05, 4.69) is 4.98 Å². The van der Waals surface area contributed by atoms with Crippen molar-refractivity contribution < 1.29 is 19.0 Å². The van der Waals surface area contributed by atoms with E-state index >= 15 is 0 Å². The topological polar surface area (TPSA) is 57.7 Å². The molecule has 2 aromatic rings. The molecule has 1 aromatic carbocycles. The van der Waals surface area contributed by atoms with Crippen molar-refractivity contribution in [1.29, 1.82) is 0 Å². The molecule has 0 aliphatic heterocycles. The molecule has 1 aromatic heterocycles. The summed E-state index contributed by atoms with van der Waals surface area (Å²) < 4.78 is 16.0. The average molecular weight is 261 g/mol. The second-order valence-corrected chi connectivity index (χ2v) is 3.96. The van der Waals surface area contributed by atoms with Crippen LogP contribution in [0.25, 0.3) is 10.8 Å². The first-order valence-electron chi connectivity index (χ1n) is 5.72. The molecule has 0 saturated heterocycles. The molecule has 1 heterocycles. The predicted molar refractivity (Wildman–Crippen MR) is 71.4 cm³/mol. The van der Waals surface area contributed by atoms with E-state index in [1.165, 1.54) is 21.1 Å². The van der Waals surface area contributed by atoms with Crippen molar-refractivity contribution in [1.82, 2.24) is 4.98 Å². The SMILES string of the molecule is COc1cc2ccnc(C(C)=O)c2c(OC)c1OC. The molecule has 0 aliphatic rings. The molecule has 19 heavy (non-hydrogen) atoms. The maximum Gasteiger partial charge on any atom is 0.204 e. The van der Waals surface area contributed by atoms with Crippen LogP contribution >= 0.6 is 0 Å². The van der Waals surface area contributed by atoms with Gasteiger partial charge < -0.3 is 14.2 Å². The van der Waals surface area contributed by atoms with E-state index in [1.807, 2.05) is 0 Å². The van der Waals surface area contributed by atoms with Gasteiger partial charge in [0.05, 0.1) is 26.7 Å². The molecule has 0 amide bonds. The van der Waals surface area contributed by atoms with Crippen LogP contribution in [0.5, 0.6) is 17.2 Å². The molecule has 0 bridgehead atoms. The number of pyridine rings is 1. The number of hydrogen-bond acceptors (Lipinski definition) is 5. The molecule has 0 N–H and O–H groups in total. The van der Waals surface area contributed by atoms with E-state index in [1.54, 1.807) is 25.4 Å². The van der Waals surface area contributed by atoms with Crippen LogP contribution in [0.3, 0.4) is 0 Å². The number of Topliss-reactive ketones (excluding diaryl/α,β-unsaturated/α-hetero) is 1. The molecule has 5 heteroatoms. The molecule has 0 fully saturated rings. The maximum atomic E-state index is 11.7. The molecular weight excluding hydrogens is 246 g/mol. The lowest BCUT2D eigenvalue weighted by atomic mass is 10.1. The molecule has 0 spiro atoms. The number of ketones is 1. The number of fused-ring (bicyclic) bond motifs is 1. The van der Waals surface area contributed by atoms with E-state index in [-0.39, 0.29) is 5.78 Å². The van der Waals surface area contributed by atoms with Crippen molar-refractivity contribution in [2.45, 2.75) is 6.92 Å². The van der Waals surface area contributed by atoms with Gasteiger partial charge in [0.15, 0.2) is 17.3 Å². The summed E-state index contributed by atoms with van der Waals surface area (Å²) in [6.45, 7) is 1.47. The van der Waals surface area contributed by atoms with Gasteiger partial charge in [-0.05, 0) is 17.5 Å². The molecule has 0 unspecified atom stereocenters. The number of ether oxygens (including phenoxy) is 3. The third-order valence-electron chi connectivity index (χ3n) is 2.89. The van der Waals surface area contributed by atoms with Crippen LogP contribution in [0, 0.1) is 0 Å². The van der Waals surface area contributed by atoms with Gasteiger partial charge in [-0.1, -0.05) is 0 Å². The Morgan fingerprint density at radius 2 is 1.79 bits per heavy atom. The fraction of sp³-hybridized carbons (Fsp3) is 0.286. The van der Waals surface area contributed by atoms with Gasteiger partial charge in [-0.15, -0.1) is 0 Å². The Morgan fingerprint density at radius 1 is 1.11 bits per heavy atom. The zero-order valence-electron chi connectivity index (χ0n) is 11.3. The number of rotatable bonds is 4. The zero-order chi connectivity index (χ0) is 14.0. The van der Waals surface area contributed by atoms with Crippen molar-refractivity contribution in [2.24, 2.45) is 0 Å². The van der Waals surface area contributed by atoms with Gasteiger partial charge in [-0.3, -0.25) is 9.78 Å². The summed E-state index contributed by atoms with van der Waals surface area (Å²) in [4.78, 5) is 15.8. The summed E-state index contributed by atoms with van der Waals surface area (Å²) in [5.41, 5.74) is 0.357. The second-order valence-electron chi connectivity index (χ2n) is 3.96. The number of methoxy groups -OCH3 is 3. The van der Waals surface area contributed by atoms with E-state index in [0.717, 1.165) is 5.39 Å². The Bertz CT molecular complexity index is 637. The van der Waals surface area contributed by atoms with E-state index in [0.29, 0.717) is 28.3 Å². The highest BCUT2D eigenvalue weighted by Crippen LogP contribution is 2.44. The van der Waals surface area contributed by atoms with Crippen molar-refractivity contribution in [3.05, 3.63) is 24.0 Å². The molecule has 0 atom stereocenters. The minimum atomic E-state index is -0.129. The Hall–Kier alpha value is -2.30. The van der Waals surface area contributed by atoms with Crippen molar-refractivity contribution in [3.8, 4) is 17.2 Å². The summed E-state index contributed by atoms with van der Waals surface area (Å²) >= 11 is 0. The standard InChI is InChI=1S/C14H15NO4/c1-8(16)12-11-9(5-6-15-12)7-10(17-2)13(18-3)14(11)19-4/h5-7H,1-4H3. The van der Waals surface area contributed by atoms with Crippen LogP contribution in [-0.4, -0.2) is 32.1 Å². The first-order chi connectivity index (χ1) is 9.13. The van der Waals surface area contributed by atoms with Crippen LogP contribution in [0.1, 0.15) is 17.4 Å². The van der Waals surface area contributed by atoms with Crippen LogP contribution < -0.4 is 14.2 Å². The molecule has 100 valence electrons. The summed E-state index contributed by atoms with van der Waals surface area (Å²) in [5, 5.41) is 1.45. The Kier molecular flexibility index (Phi) is 3.55. The van der Waals surface area contributed by atoms with Gasteiger partial charge in [0.1, 0.15) is 5.69 Å². The fourth-order valence-corrected chi connectivity index (χ4v) is 2.07. The zero-order valence-corrected chi connectivity index (χ0v) is 11.3. The molecular formula is C14H15NO4. The lowest BCUT2D eigenvalue weighted by Crippen LogP contribution is -2.02. The number of carbonyl (C=O) groups excluding carboxylic acids is 1. The number of benzene rings is 1. The van der Waals surface area contributed by atoms with E-state index in [9.17, 15) is 4.79 Å². The first-order valence-corrected chi connectivity index (χ1v) is 5.72. The monoisotopic (exact) mass is 261 g/mol. The van der Waals surface area contributed by atoms with E-state index in [4.69, 9.17) is 14.2 Å². The number of aromatic nitrogens is 1. The smallest absolute Gasteiger partial charge is 0.204 e. The minimum absolute atomic E-state index is 0.129. The Balaban J connectivity index is 2.94. The third kappa shape index (κ3) is 2.07. The normalized spacial score (nSPS) is 10.3. The van der Waals surface area contributed by atoms with Gasteiger partial charge in [-0.2, -0.15) is 0 Å². The van der Waals surface area contributed by atoms with Crippen LogP contribution in [0.2, 0.25) is 0 Å². The highest BCUT2D eigenvalue weighted by Gasteiger charge is 2.20. The van der Waals surface area contributed by atoms with Crippen LogP contribution in [-0.2, 0) is 0 Å². The second kappa shape index (κ2) is 5.14. The lowest BCUT2D eigenvalue weighted by molar-refractivity contribution is 0.101. The highest BCUT2D eigenvalue weighted by atomic mass is 16.5. The quantitative estimate of drug-likeness (QED) is 0.791. The number of hydrogen-bond donors (Lipinski definition) is 0. The van der Waals surface area contributed by atoms with Gasteiger partial charge in [0.25, 0.3) is 0 Å². The van der Waals surface area contributed by atoms with Crippen molar-refractivity contribution in [2.75, 3.05) is 21.3 Å². The summed E-state index contributed by atoms with van der Waals surface area (Å²) in [7, 11) is 4.60. The lowest BCUT2D eigenvalue weighted by Gasteiger charge is -2.15. The maximum absolute atomic E-state index is 11.7. The van der Waals surface area contributed by atoms with E-state index < -0.39 is 0 Å². The minimum Gasteiger partial charge on any atom is -0.493 e. The number of carbonyl (C=O) groups is 1. The molecule has 0 aliphatic carbocycles. The molecule has 5 nitrogen and oxygen atoms in total. The van der Waals surface area contributed by atoms with Crippen LogP contribution in [0.15, 0.2) is 18.3 Å². The average Bonchev–Trinajstić information content (AvgIpc) is 2.43. The first kappa shape index (κ1) is 13.1. The fourth-order valence-electron chi connectivity index (χ4n) is 2.07. The molecule has 0 saturated carbocycles. The van der Waals surface area contributed by atoms with Crippen molar-refractivity contribution >= 4 is 16.6 Å². The summed E-state index contributed by atoms with van der Waals surface area (Å²) in [6.07, 6.45) is 1.59.